The highest BCUT2D eigenvalue weighted by molar-refractivity contribution is 8.03. The first kappa shape index (κ1) is 38.6. The number of aryl methyl sites for hydroxylation is 4. The maximum absolute atomic E-state index is 11.8. The van der Waals surface area contributed by atoms with Crippen molar-refractivity contribution < 1.29 is 5.11 Å². The summed E-state index contributed by atoms with van der Waals surface area (Å²) in [5, 5.41) is 13.0. The quantitative estimate of drug-likeness (QED) is 0.197. The Labute approximate surface area is 313 Å². The molecule has 1 aliphatic carbocycles. The largest absolute Gasteiger partial charge is 0.507 e. The summed E-state index contributed by atoms with van der Waals surface area (Å²) in [6.07, 6.45) is 7.81. The van der Waals surface area contributed by atoms with Crippen molar-refractivity contribution in [3.05, 3.63) is 111 Å². The third-order valence-corrected chi connectivity index (χ3v) is 13.7. The second-order valence-electron chi connectivity index (χ2n) is 17.3. The van der Waals surface area contributed by atoms with E-state index in [1.165, 1.54) is 94.2 Å². The summed E-state index contributed by atoms with van der Waals surface area (Å²) in [5.74, 6) is 2.33. The van der Waals surface area contributed by atoms with Crippen molar-refractivity contribution >= 4 is 23.5 Å². The highest BCUT2D eigenvalue weighted by atomic mass is 32.2. The van der Waals surface area contributed by atoms with Gasteiger partial charge in [-0.05, 0) is 103 Å². The number of rotatable bonds is 8. The number of hydrogen-bond donors (Lipinski definition) is 1. The summed E-state index contributed by atoms with van der Waals surface area (Å²) >= 11 is 4.29. The van der Waals surface area contributed by atoms with Crippen molar-refractivity contribution in [3.8, 4) is 28.0 Å². The van der Waals surface area contributed by atoms with E-state index in [1.54, 1.807) is 0 Å². The Balaban J connectivity index is 1.44. The van der Waals surface area contributed by atoms with Crippen LogP contribution in [0.1, 0.15) is 130 Å². The third kappa shape index (κ3) is 9.62. The molecular formula is C47H62OS2. The SMILES string of the molecule is Cc1cc(C)cc(-c2cc(C(C)(C)C)cc(CS[C@H]3CCCCCCC3SCc3cc(C(C)(C)C)cc(-c4cc(C)cc(C)c4)c3O)c2C)c1. The van der Waals surface area contributed by atoms with Crippen LogP contribution in [0.15, 0.2) is 60.7 Å². The van der Waals surface area contributed by atoms with Gasteiger partial charge in [-0.1, -0.05) is 144 Å². The first-order valence-electron chi connectivity index (χ1n) is 18.9. The average molecular weight is 707 g/mol. The van der Waals surface area contributed by atoms with Crippen LogP contribution in [0, 0.1) is 34.6 Å². The molecule has 4 aromatic carbocycles. The van der Waals surface area contributed by atoms with E-state index in [2.05, 4.69) is 160 Å². The molecule has 5 rings (SSSR count). The molecular weight excluding hydrogens is 645 g/mol. The van der Waals surface area contributed by atoms with Gasteiger partial charge in [0.2, 0.25) is 0 Å². The molecule has 1 nitrogen and oxygen atoms in total. The fourth-order valence-corrected chi connectivity index (χ4v) is 10.7. The van der Waals surface area contributed by atoms with E-state index in [0.29, 0.717) is 16.2 Å². The van der Waals surface area contributed by atoms with Crippen LogP contribution < -0.4 is 0 Å². The highest BCUT2D eigenvalue weighted by Crippen LogP contribution is 2.43. The van der Waals surface area contributed by atoms with Gasteiger partial charge in [0.1, 0.15) is 5.75 Å². The molecule has 0 heterocycles. The number of thioether (sulfide) groups is 2. The number of phenols is 1. The topological polar surface area (TPSA) is 20.2 Å². The Morgan fingerprint density at radius 3 is 1.38 bits per heavy atom. The smallest absolute Gasteiger partial charge is 0.127 e. The molecule has 1 aliphatic rings. The van der Waals surface area contributed by atoms with Crippen molar-refractivity contribution in [3.63, 3.8) is 0 Å². The number of benzene rings is 4. The molecule has 2 atom stereocenters. The van der Waals surface area contributed by atoms with Gasteiger partial charge in [-0.25, -0.2) is 0 Å². The molecule has 3 heteroatoms. The van der Waals surface area contributed by atoms with Crippen molar-refractivity contribution in [2.45, 2.75) is 148 Å². The molecule has 0 bridgehead atoms. The molecule has 1 N–H and O–H groups in total. The lowest BCUT2D eigenvalue weighted by Crippen LogP contribution is -2.22. The van der Waals surface area contributed by atoms with E-state index in [1.807, 2.05) is 0 Å². The Bertz CT molecular complexity index is 1630. The van der Waals surface area contributed by atoms with Crippen molar-refractivity contribution in [1.82, 2.24) is 0 Å². The predicted molar refractivity (Wildman–Crippen MR) is 224 cm³/mol. The lowest BCUT2D eigenvalue weighted by Gasteiger charge is -2.30. The maximum Gasteiger partial charge on any atom is 0.127 e. The fraction of sp³-hybridized carbons (Fsp3) is 0.489. The second-order valence-corrected chi connectivity index (χ2v) is 19.7. The minimum atomic E-state index is -0.00515. The predicted octanol–water partition coefficient (Wildman–Crippen LogP) is 14.1. The zero-order valence-corrected chi connectivity index (χ0v) is 34.5. The first-order chi connectivity index (χ1) is 23.5. The molecule has 0 saturated heterocycles. The molecule has 1 saturated carbocycles. The van der Waals surface area contributed by atoms with Crippen LogP contribution in [-0.2, 0) is 22.3 Å². The number of hydrogen-bond acceptors (Lipinski definition) is 3. The summed E-state index contributed by atoms with van der Waals surface area (Å²) in [7, 11) is 0. The van der Waals surface area contributed by atoms with Crippen LogP contribution in [0.3, 0.4) is 0 Å². The lowest BCUT2D eigenvalue weighted by atomic mass is 9.82. The van der Waals surface area contributed by atoms with Gasteiger partial charge in [0.05, 0.1) is 0 Å². The molecule has 1 fully saturated rings. The molecule has 0 radical (unpaired) electrons. The molecule has 50 heavy (non-hydrogen) atoms. The lowest BCUT2D eigenvalue weighted by molar-refractivity contribution is 0.471. The van der Waals surface area contributed by atoms with Crippen LogP contribution in [0.5, 0.6) is 5.75 Å². The Hall–Kier alpha value is -2.62. The third-order valence-electron chi connectivity index (χ3n) is 10.5. The summed E-state index contributed by atoms with van der Waals surface area (Å²) in [6, 6.07) is 23.1. The van der Waals surface area contributed by atoms with Crippen molar-refractivity contribution in [1.29, 1.82) is 0 Å². The van der Waals surface area contributed by atoms with Crippen LogP contribution in [-0.4, -0.2) is 15.6 Å². The van der Waals surface area contributed by atoms with Gasteiger partial charge < -0.3 is 5.11 Å². The standard InChI is InChI=1S/C47H62OS2/c1-30-18-31(2)21-35(20-30)41-26-39(46(6,7)8)24-37(34(41)5)28-49-43-16-14-12-13-15-17-44(43)50-29-38-25-40(47(9,10)11)27-42(45(38)48)36-22-32(3)19-33(4)23-36/h18-27,43-44,48H,12-17,28-29H2,1-11H3/t43-,44?/m0/s1. The average Bonchev–Trinajstić information content (AvgIpc) is 2.99. The van der Waals surface area contributed by atoms with Gasteiger partial charge in [-0.15, -0.1) is 0 Å². The normalized spacial score (nSPS) is 17.4. The van der Waals surface area contributed by atoms with E-state index in [4.69, 9.17) is 0 Å². The van der Waals surface area contributed by atoms with E-state index < -0.39 is 0 Å². The van der Waals surface area contributed by atoms with Crippen LogP contribution in [0.4, 0.5) is 0 Å². The van der Waals surface area contributed by atoms with Gasteiger partial charge >= 0.3 is 0 Å². The maximum atomic E-state index is 11.8. The summed E-state index contributed by atoms with van der Waals surface area (Å²) in [6.45, 7) is 25.0. The summed E-state index contributed by atoms with van der Waals surface area (Å²) in [5.41, 5.74) is 16.7. The molecule has 0 amide bonds. The second kappa shape index (κ2) is 16.0. The minimum absolute atomic E-state index is 0.00515. The van der Waals surface area contributed by atoms with E-state index in [9.17, 15) is 5.11 Å². The highest BCUT2D eigenvalue weighted by Gasteiger charge is 2.27. The molecule has 268 valence electrons. The number of aromatic hydroxyl groups is 1. The summed E-state index contributed by atoms with van der Waals surface area (Å²) in [4.78, 5) is 0. The van der Waals surface area contributed by atoms with E-state index in [0.717, 1.165) is 28.2 Å². The van der Waals surface area contributed by atoms with Crippen molar-refractivity contribution in [2.75, 3.05) is 0 Å². The van der Waals surface area contributed by atoms with Gasteiger partial charge in [-0.3, -0.25) is 0 Å². The molecule has 0 aliphatic heterocycles. The molecule has 4 aromatic rings. The molecule has 1 unspecified atom stereocenters. The zero-order valence-electron chi connectivity index (χ0n) is 32.8. The summed E-state index contributed by atoms with van der Waals surface area (Å²) < 4.78 is 0. The van der Waals surface area contributed by atoms with Gasteiger partial charge in [0.25, 0.3) is 0 Å². The monoisotopic (exact) mass is 706 g/mol. The molecule has 0 aromatic heterocycles. The van der Waals surface area contributed by atoms with E-state index in [-0.39, 0.29) is 10.8 Å². The number of phenolic OH excluding ortho intramolecular Hbond substituents is 1. The van der Waals surface area contributed by atoms with Crippen molar-refractivity contribution in [2.24, 2.45) is 0 Å². The van der Waals surface area contributed by atoms with Gasteiger partial charge in [0.15, 0.2) is 0 Å². The van der Waals surface area contributed by atoms with Crippen LogP contribution >= 0.6 is 23.5 Å². The molecule has 0 spiro atoms. The van der Waals surface area contributed by atoms with Gasteiger partial charge in [-0.2, -0.15) is 23.5 Å². The Morgan fingerprint density at radius 1 is 0.520 bits per heavy atom. The van der Waals surface area contributed by atoms with E-state index >= 15 is 0 Å². The van der Waals surface area contributed by atoms with Gasteiger partial charge in [0, 0.05) is 33.1 Å². The first-order valence-corrected chi connectivity index (χ1v) is 21.0. The fourth-order valence-electron chi connectivity index (χ4n) is 7.57. The minimum Gasteiger partial charge on any atom is -0.507 e. The van der Waals surface area contributed by atoms with Crippen LogP contribution in [0.25, 0.3) is 22.3 Å². The Morgan fingerprint density at radius 2 is 0.920 bits per heavy atom. The Kier molecular flexibility index (Phi) is 12.3. The zero-order chi connectivity index (χ0) is 36.4. The van der Waals surface area contributed by atoms with Crippen LogP contribution in [0.2, 0.25) is 0 Å².